The van der Waals surface area contributed by atoms with Crippen LogP contribution in [-0.4, -0.2) is 26.2 Å². The van der Waals surface area contributed by atoms with Crippen LogP contribution in [0.25, 0.3) is 11.5 Å². The van der Waals surface area contributed by atoms with Crippen LogP contribution in [0.5, 0.6) is 0 Å². The van der Waals surface area contributed by atoms with Crippen molar-refractivity contribution in [1.82, 2.24) is 15.1 Å². The number of nitrogens with zero attached hydrogens (tertiary/aromatic N) is 3. The van der Waals surface area contributed by atoms with Crippen molar-refractivity contribution in [2.45, 2.75) is 10.6 Å². The Kier molecular flexibility index (Phi) is 3.98. The Labute approximate surface area is 127 Å². The Balaban J connectivity index is 1.66. The number of carboxylic acid groups (broad SMARTS) is 1. The maximum atomic E-state index is 10.8. The number of aromatic carboxylic acids is 1. The summed E-state index contributed by atoms with van der Waals surface area (Å²) in [6.45, 7) is 0. The first kappa shape index (κ1) is 13.8. The van der Waals surface area contributed by atoms with Gasteiger partial charge in [-0.15, -0.1) is 23.1 Å². The molecule has 0 aliphatic rings. The molecule has 8 heteroatoms. The Bertz CT molecular complexity index is 755. The van der Waals surface area contributed by atoms with E-state index in [2.05, 4.69) is 15.1 Å². The molecule has 0 unspecified atom stereocenters. The van der Waals surface area contributed by atoms with Gasteiger partial charge in [-0.05, 0) is 18.2 Å². The quantitative estimate of drug-likeness (QED) is 0.722. The van der Waals surface area contributed by atoms with Gasteiger partial charge in [0.2, 0.25) is 11.7 Å². The number of pyridine rings is 1. The van der Waals surface area contributed by atoms with Crippen molar-refractivity contribution >= 4 is 29.1 Å². The Morgan fingerprint density at radius 2 is 2.33 bits per heavy atom. The number of carbonyl (C=O) groups is 1. The molecule has 3 aromatic heterocycles. The second-order valence-corrected chi connectivity index (χ2v) is 5.93. The zero-order valence-corrected chi connectivity index (χ0v) is 12.2. The molecule has 0 saturated carbocycles. The second-order valence-electron chi connectivity index (χ2n) is 3.97. The first-order chi connectivity index (χ1) is 10.2. The van der Waals surface area contributed by atoms with Gasteiger partial charge >= 0.3 is 5.97 Å². The minimum absolute atomic E-state index is 0.317. The summed E-state index contributed by atoms with van der Waals surface area (Å²) >= 11 is 2.65. The predicted octanol–water partition coefficient (Wildman–Crippen LogP) is 3.18. The van der Waals surface area contributed by atoms with Crippen LogP contribution in [-0.2, 0) is 5.75 Å². The summed E-state index contributed by atoms with van der Waals surface area (Å²) in [4.78, 5) is 20.4. The van der Waals surface area contributed by atoms with Gasteiger partial charge in [0.15, 0.2) is 0 Å². The number of hydrogen-bond acceptors (Lipinski definition) is 7. The van der Waals surface area contributed by atoms with Crippen molar-refractivity contribution < 1.29 is 14.4 Å². The van der Waals surface area contributed by atoms with Gasteiger partial charge in [0, 0.05) is 16.5 Å². The third-order valence-electron chi connectivity index (χ3n) is 2.51. The number of rotatable bonds is 5. The standard InChI is InChI=1S/C13H9N3O3S2/c17-13(18)10-5-8(6-21-10)20-7-11-15-12(16-19-11)9-3-1-2-4-14-9/h1-6H,7H2,(H,17,18). The minimum Gasteiger partial charge on any atom is -0.477 e. The number of hydrogen-bond donors (Lipinski definition) is 1. The van der Waals surface area contributed by atoms with Gasteiger partial charge in [-0.2, -0.15) is 4.98 Å². The zero-order valence-electron chi connectivity index (χ0n) is 10.6. The molecule has 0 amide bonds. The van der Waals surface area contributed by atoms with Gasteiger partial charge in [0.1, 0.15) is 10.6 Å². The molecule has 3 aromatic rings. The van der Waals surface area contributed by atoms with Gasteiger partial charge in [0.05, 0.1) is 5.75 Å². The van der Waals surface area contributed by atoms with Crippen molar-refractivity contribution in [3.8, 4) is 11.5 Å². The highest BCUT2D eigenvalue weighted by Crippen LogP contribution is 2.27. The molecule has 0 aliphatic heterocycles. The van der Waals surface area contributed by atoms with Crippen molar-refractivity contribution in [2.24, 2.45) is 0 Å². The first-order valence-electron chi connectivity index (χ1n) is 5.91. The number of carboxylic acids is 1. The first-order valence-corrected chi connectivity index (χ1v) is 7.77. The highest BCUT2D eigenvalue weighted by atomic mass is 32.2. The van der Waals surface area contributed by atoms with Crippen molar-refractivity contribution in [1.29, 1.82) is 0 Å². The number of thioether (sulfide) groups is 1. The molecular formula is C13H9N3O3S2. The maximum Gasteiger partial charge on any atom is 0.345 e. The van der Waals surface area contributed by atoms with Crippen LogP contribution in [0.2, 0.25) is 0 Å². The van der Waals surface area contributed by atoms with Crippen LogP contribution in [0, 0.1) is 0 Å². The smallest absolute Gasteiger partial charge is 0.345 e. The van der Waals surface area contributed by atoms with Gasteiger partial charge in [-0.3, -0.25) is 4.98 Å². The van der Waals surface area contributed by atoms with Crippen molar-refractivity contribution in [3.63, 3.8) is 0 Å². The summed E-state index contributed by atoms with van der Waals surface area (Å²) in [6.07, 6.45) is 1.67. The second kappa shape index (κ2) is 6.06. The van der Waals surface area contributed by atoms with Gasteiger partial charge < -0.3 is 9.63 Å². The fourth-order valence-corrected chi connectivity index (χ4v) is 3.27. The summed E-state index contributed by atoms with van der Waals surface area (Å²) in [5.74, 6) is 0.490. The monoisotopic (exact) mass is 319 g/mol. The molecule has 3 heterocycles. The predicted molar refractivity (Wildman–Crippen MR) is 78.4 cm³/mol. The molecule has 0 aromatic carbocycles. The van der Waals surface area contributed by atoms with E-state index in [9.17, 15) is 4.79 Å². The lowest BCUT2D eigenvalue weighted by Gasteiger charge is -1.92. The lowest BCUT2D eigenvalue weighted by atomic mass is 10.3. The van der Waals surface area contributed by atoms with E-state index in [0.29, 0.717) is 28.0 Å². The topological polar surface area (TPSA) is 89.1 Å². The average molecular weight is 319 g/mol. The molecule has 1 N–H and O–H groups in total. The van der Waals surface area contributed by atoms with Crippen molar-refractivity contribution in [3.05, 3.63) is 46.6 Å². The molecule has 0 bridgehead atoms. The molecule has 0 radical (unpaired) electrons. The van der Waals surface area contributed by atoms with Crippen molar-refractivity contribution in [2.75, 3.05) is 0 Å². The van der Waals surface area contributed by atoms with Crippen LogP contribution in [0.15, 0.2) is 45.3 Å². The summed E-state index contributed by atoms with van der Waals surface area (Å²) in [7, 11) is 0. The fraction of sp³-hybridized carbons (Fsp3) is 0.0769. The summed E-state index contributed by atoms with van der Waals surface area (Å²) < 4.78 is 5.16. The molecule has 0 spiro atoms. The van der Waals surface area contributed by atoms with Gasteiger partial charge in [0.25, 0.3) is 0 Å². The lowest BCUT2D eigenvalue weighted by Crippen LogP contribution is -1.89. The molecule has 0 atom stereocenters. The van der Waals surface area contributed by atoms with Crippen LogP contribution in [0.1, 0.15) is 15.6 Å². The molecule has 6 nitrogen and oxygen atoms in total. The summed E-state index contributed by atoms with van der Waals surface area (Å²) in [6, 6.07) is 7.11. The summed E-state index contributed by atoms with van der Waals surface area (Å²) in [5.41, 5.74) is 0.654. The molecule has 0 aliphatic carbocycles. The van der Waals surface area contributed by atoms with E-state index < -0.39 is 5.97 Å². The Morgan fingerprint density at radius 1 is 1.43 bits per heavy atom. The lowest BCUT2D eigenvalue weighted by molar-refractivity contribution is 0.0702. The third-order valence-corrected chi connectivity index (χ3v) is 4.54. The third kappa shape index (κ3) is 3.29. The molecule has 3 rings (SSSR count). The van der Waals surface area contributed by atoms with E-state index in [-0.39, 0.29) is 0 Å². The van der Waals surface area contributed by atoms with E-state index in [1.165, 1.54) is 23.1 Å². The normalized spacial score (nSPS) is 10.7. The maximum absolute atomic E-state index is 10.8. The largest absolute Gasteiger partial charge is 0.477 e. The average Bonchev–Trinajstić information content (AvgIpc) is 3.15. The van der Waals surface area contributed by atoms with E-state index in [4.69, 9.17) is 9.63 Å². The van der Waals surface area contributed by atoms with Crippen LogP contribution in [0.4, 0.5) is 0 Å². The Morgan fingerprint density at radius 3 is 3.05 bits per heavy atom. The van der Waals surface area contributed by atoms with Crippen LogP contribution < -0.4 is 0 Å². The van der Waals surface area contributed by atoms with Gasteiger partial charge in [-0.1, -0.05) is 11.2 Å². The van der Waals surface area contributed by atoms with E-state index in [0.717, 1.165) is 4.90 Å². The molecule has 21 heavy (non-hydrogen) atoms. The highest BCUT2D eigenvalue weighted by Gasteiger charge is 2.11. The molecule has 0 fully saturated rings. The Hall–Kier alpha value is -2.19. The molecule has 106 valence electrons. The van der Waals surface area contributed by atoms with E-state index >= 15 is 0 Å². The molecule has 0 saturated heterocycles. The minimum atomic E-state index is -0.915. The highest BCUT2D eigenvalue weighted by molar-refractivity contribution is 7.98. The number of thiophene rings is 1. The van der Waals surface area contributed by atoms with Gasteiger partial charge in [-0.25, -0.2) is 4.79 Å². The van der Waals surface area contributed by atoms with Crippen LogP contribution in [0.3, 0.4) is 0 Å². The number of aromatic nitrogens is 3. The fourth-order valence-electron chi connectivity index (χ4n) is 1.56. The molecular weight excluding hydrogens is 310 g/mol. The SMILES string of the molecule is O=C(O)c1cc(SCc2nc(-c3ccccn3)no2)cs1. The van der Waals surface area contributed by atoms with E-state index in [1.54, 1.807) is 23.7 Å². The van der Waals surface area contributed by atoms with E-state index in [1.807, 2.05) is 12.1 Å². The summed E-state index contributed by atoms with van der Waals surface area (Å²) in [5, 5.41) is 14.5. The van der Waals surface area contributed by atoms with Crippen LogP contribution >= 0.6 is 23.1 Å². The zero-order chi connectivity index (χ0) is 14.7.